The number of anilines is 1. The molecule has 0 aliphatic heterocycles. The summed E-state index contributed by atoms with van der Waals surface area (Å²) in [6.45, 7) is 11.3. The smallest absolute Gasteiger partial charge is 0.259 e. The Morgan fingerprint density at radius 1 is 0.803 bits per heavy atom. The van der Waals surface area contributed by atoms with Crippen molar-refractivity contribution in [2.24, 2.45) is 5.92 Å². The van der Waals surface area contributed by atoms with Crippen molar-refractivity contribution in [3.63, 3.8) is 0 Å². The van der Waals surface area contributed by atoms with Crippen LogP contribution in [0.1, 0.15) is 68.1 Å². The molecule has 13 nitrogen and oxygen atoms in total. The summed E-state index contributed by atoms with van der Waals surface area (Å²) in [6.07, 6.45) is 2.91. The summed E-state index contributed by atoms with van der Waals surface area (Å²) < 4.78 is 36.1. The van der Waals surface area contributed by atoms with E-state index >= 15 is 0 Å². The van der Waals surface area contributed by atoms with Crippen LogP contribution in [0.15, 0.2) is 122 Å². The minimum Gasteiger partial charge on any atom is -0.497 e. The van der Waals surface area contributed by atoms with Crippen LogP contribution >= 0.6 is 8.53 Å². The fourth-order valence-electron chi connectivity index (χ4n) is 7.29. The van der Waals surface area contributed by atoms with Gasteiger partial charge in [0.25, 0.3) is 14.4 Å². The van der Waals surface area contributed by atoms with Gasteiger partial charge < -0.3 is 33.1 Å². The highest BCUT2D eigenvalue weighted by molar-refractivity contribution is 7.44. The number of ether oxygens (including phenoxy) is 3. The third-order valence-corrected chi connectivity index (χ3v) is 12.6. The fourth-order valence-corrected chi connectivity index (χ4v) is 9.05. The number of rotatable bonds is 21. The van der Waals surface area contributed by atoms with Gasteiger partial charge in [-0.15, -0.1) is 0 Å². The predicted molar refractivity (Wildman–Crippen MR) is 237 cm³/mol. The normalized spacial score (nSPS) is 13.3. The molecular formula is C47H54N7O6P. The molecule has 14 heteroatoms. The lowest BCUT2D eigenvalue weighted by atomic mass is 9.79. The number of carbonyl (C=O) groups excluding carboxylic acids is 1. The first-order valence-electron chi connectivity index (χ1n) is 20.3. The number of nitriles is 1. The van der Waals surface area contributed by atoms with E-state index in [1.807, 2.05) is 96.4 Å². The number of methoxy groups -OCH3 is 2. The number of carbonyl (C=O) groups is 1. The Morgan fingerprint density at radius 2 is 1.38 bits per heavy atom. The van der Waals surface area contributed by atoms with Gasteiger partial charge >= 0.3 is 0 Å². The lowest BCUT2D eigenvalue weighted by Crippen LogP contribution is -2.39. The summed E-state index contributed by atoms with van der Waals surface area (Å²) in [5, 5.41) is 12.3. The first-order chi connectivity index (χ1) is 29.6. The Morgan fingerprint density at radius 3 is 1.93 bits per heavy atom. The predicted octanol–water partition coefficient (Wildman–Crippen LogP) is 9.40. The first-order valence-corrected chi connectivity index (χ1v) is 21.5. The van der Waals surface area contributed by atoms with Crippen molar-refractivity contribution in [2.75, 3.05) is 32.8 Å². The third kappa shape index (κ3) is 10.6. The van der Waals surface area contributed by atoms with E-state index in [4.69, 9.17) is 28.2 Å². The van der Waals surface area contributed by atoms with Gasteiger partial charge in [-0.1, -0.05) is 72.8 Å². The largest absolute Gasteiger partial charge is 0.497 e. The van der Waals surface area contributed by atoms with Crippen LogP contribution in [-0.4, -0.2) is 75.7 Å². The zero-order chi connectivity index (χ0) is 43.4. The van der Waals surface area contributed by atoms with Crippen LogP contribution in [0.2, 0.25) is 0 Å². The average Bonchev–Trinajstić information content (AvgIpc) is 3.70. The molecule has 1 amide bonds. The Bertz CT molecular complexity index is 2280. The molecule has 3 atom stereocenters. The molecule has 0 fully saturated rings. The Hall–Kier alpha value is -5.74. The molecule has 0 saturated heterocycles. The molecule has 1 unspecified atom stereocenters. The highest BCUT2D eigenvalue weighted by Gasteiger charge is 2.40. The molecule has 0 radical (unpaired) electrons. The maximum absolute atomic E-state index is 13.2. The molecule has 4 aromatic carbocycles. The van der Waals surface area contributed by atoms with E-state index < -0.39 is 20.2 Å². The summed E-state index contributed by atoms with van der Waals surface area (Å²) in [7, 11) is 1.69. The molecule has 2 aromatic heterocycles. The maximum Gasteiger partial charge on any atom is 0.259 e. The number of nitrogens with zero attached hydrogens (tertiary/aromatic N) is 6. The van der Waals surface area contributed by atoms with Gasteiger partial charge in [0.15, 0.2) is 17.0 Å². The number of nitrogens with one attached hydrogen (secondary N) is 1. The molecule has 0 aliphatic carbocycles. The fraction of sp³-hybridized carbons (Fsp3) is 0.340. The van der Waals surface area contributed by atoms with E-state index in [2.05, 4.69) is 65.9 Å². The van der Waals surface area contributed by atoms with Crippen molar-refractivity contribution >= 4 is 31.4 Å². The van der Waals surface area contributed by atoms with Gasteiger partial charge in [-0.3, -0.25) is 4.79 Å². The minimum atomic E-state index is -1.60. The lowest BCUT2D eigenvalue weighted by molar-refractivity contribution is -0.0357. The first kappa shape index (κ1) is 44.8. The summed E-state index contributed by atoms with van der Waals surface area (Å²) in [5.41, 5.74) is 3.09. The van der Waals surface area contributed by atoms with Crippen molar-refractivity contribution in [3.8, 4) is 17.6 Å². The van der Waals surface area contributed by atoms with Crippen molar-refractivity contribution < 1.29 is 28.1 Å². The highest BCUT2D eigenvalue weighted by Crippen LogP contribution is 2.49. The summed E-state index contributed by atoms with van der Waals surface area (Å²) in [5.74, 6) is 1.11. The topological polar surface area (TPSA) is 146 Å². The van der Waals surface area contributed by atoms with E-state index in [0.717, 1.165) is 28.2 Å². The Balaban J connectivity index is 1.44. The highest BCUT2D eigenvalue weighted by atomic mass is 31.2. The van der Waals surface area contributed by atoms with Gasteiger partial charge in [-0.2, -0.15) is 5.26 Å². The molecule has 1 N–H and O–H groups in total. The van der Waals surface area contributed by atoms with Crippen LogP contribution in [0.25, 0.3) is 11.2 Å². The van der Waals surface area contributed by atoms with E-state index in [-0.39, 0.29) is 43.5 Å². The minimum absolute atomic E-state index is 0.102. The number of aromatic nitrogens is 4. The number of fused-ring (bicyclic) bond motifs is 1. The molecule has 6 rings (SSSR count). The second kappa shape index (κ2) is 21.2. The second-order valence-electron chi connectivity index (χ2n) is 15.0. The van der Waals surface area contributed by atoms with E-state index in [9.17, 15) is 10.1 Å². The maximum atomic E-state index is 13.2. The zero-order valence-corrected chi connectivity index (χ0v) is 36.7. The van der Waals surface area contributed by atoms with Crippen LogP contribution < -0.4 is 14.8 Å². The number of imidazole rings is 1. The van der Waals surface area contributed by atoms with Gasteiger partial charge in [-0.05, 0) is 87.7 Å². The van der Waals surface area contributed by atoms with Gasteiger partial charge in [0, 0.05) is 30.1 Å². The standard InChI is InChI=1S/C47H54N7O6P/c1-33(2)54(34(3)4)61(59-28-14-27-48)60-35(5)37(29-53-32-51-43-44(49-31-50-45(43)53)52-46(55)36-15-10-8-11-16-36)30-58-47(38-17-12-9-13-18-38,39-19-23-41(56-6)24-20-39)40-21-25-42(57-7)26-22-40/h8-13,15-26,31-35,37H,14,28-30H2,1-7H3,(H,49,50,52,55)/t35-,37-,61?/m1/s1. The van der Waals surface area contributed by atoms with Gasteiger partial charge in [0.05, 0.1) is 52.4 Å². The number of amides is 1. The van der Waals surface area contributed by atoms with E-state index in [1.165, 1.54) is 6.33 Å². The monoisotopic (exact) mass is 843 g/mol. The van der Waals surface area contributed by atoms with E-state index in [1.54, 1.807) is 32.7 Å². The number of hydrogen-bond acceptors (Lipinski definition) is 11. The average molecular weight is 844 g/mol. The number of hydrogen-bond donors (Lipinski definition) is 1. The van der Waals surface area contributed by atoms with Crippen LogP contribution in [0, 0.1) is 17.2 Å². The van der Waals surface area contributed by atoms with Crippen molar-refractivity contribution in [1.29, 1.82) is 5.26 Å². The Kier molecular flexibility index (Phi) is 15.6. The molecule has 0 saturated carbocycles. The van der Waals surface area contributed by atoms with Gasteiger partial charge in [-0.25, -0.2) is 19.6 Å². The Labute approximate surface area is 359 Å². The van der Waals surface area contributed by atoms with Crippen LogP contribution in [0.5, 0.6) is 11.5 Å². The third-order valence-electron chi connectivity index (χ3n) is 10.4. The quantitative estimate of drug-likeness (QED) is 0.0420. The molecule has 2 heterocycles. The summed E-state index contributed by atoms with van der Waals surface area (Å²) in [4.78, 5) is 26.9. The molecule has 61 heavy (non-hydrogen) atoms. The van der Waals surface area contributed by atoms with Crippen molar-refractivity contribution in [1.82, 2.24) is 24.2 Å². The summed E-state index contributed by atoms with van der Waals surface area (Å²) >= 11 is 0. The van der Waals surface area contributed by atoms with E-state index in [0.29, 0.717) is 29.1 Å². The zero-order valence-electron chi connectivity index (χ0n) is 35.8. The van der Waals surface area contributed by atoms with Crippen LogP contribution in [0.3, 0.4) is 0 Å². The molecule has 0 bridgehead atoms. The molecule has 318 valence electrons. The lowest BCUT2D eigenvalue weighted by Gasteiger charge is -2.40. The molecule has 0 spiro atoms. The molecule has 6 aromatic rings. The van der Waals surface area contributed by atoms with Gasteiger partial charge in [0.2, 0.25) is 0 Å². The molecule has 0 aliphatic rings. The van der Waals surface area contributed by atoms with Crippen molar-refractivity contribution in [3.05, 3.63) is 144 Å². The number of benzene rings is 4. The summed E-state index contributed by atoms with van der Waals surface area (Å²) in [6, 6.07) is 37.4. The van der Waals surface area contributed by atoms with Crippen molar-refractivity contribution in [2.45, 2.75) is 71.4 Å². The SMILES string of the molecule is COc1ccc(C(OC[C@@H](Cn2cnc3c(NC(=O)c4ccccc4)ncnc32)[C@@H](C)OP(OCCC#N)N(C(C)C)C(C)C)(c2ccccc2)c2ccc(OC)cc2)cc1. The molecular weight excluding hydrogens is 790 g/mol. The van der Waals surface area contributed by atoms with Crippen LogP contribution in [0.4, 0.5) is 5.82 Å². The second-order valence-corrected chi connectivity index (χ2v) is 16.5. The van der Waals surface area contributed by atoms with Gasteiger partial charge in [0.1, 0.15) is 23.4 Å². The van der Waals surface area contributed by atoms with Crippen LogP contribution in [-0.2, 0) is 25.9 Å².